The molecule has 0 aliphatic carbocycles. The number of pyridine rings is 1. The van der Waals surface area contributed by atoms with Crippen LogP contribution in [-0.4, -0.2) is 38.4 Å². The zero-order valence-corrected chi connectivity index (χ0v) is 10.5. The molecule has 17 heavy (non-hydrogen) atoms. The van der Waals surface area contributed by atoms with Gasteiger partial charge >= 0.3 is 0 Å². The minimum atomic E-state index is -3.12. The maximum absolute atomic E-state index is 11.4. The van der Waals surface area contributed by atoms with Crippen LogP contribution in [0, 0.1) is 0 Å². The fourth-order valence-electron chi connectivity index (χ4n) is 1.08. The average molecular weight is 258 g/mol. The zero-order chi connectivity index (χ0) is 12.9. The number of hydrogen-bond donors (Lipinski definition) is 1. The maximum atomic E-state index is 11.4. The summed E-state index contributed by atoms with van der Waals surface area (Å²) in [6.45, 7) is 0. The highest BCUT2D eigenvalue weighted by molar-refractivity contribution is 7.90. The Bertz CT molecular complexity index is 482. The number of carbonyl (C=O) groups is 1. The van der Waals surface area contributed by atoms with Crippen LogP contribution in [0.2, 0.25) is 0 Å². The first-order valence-corrected chi connectivity index (χ1v) is 6.94. The van der Waals surface area contributed by atoms with Gasteiger partial charge in [-0.05, 0) is 6.07 Å². The normalized spacial score (nSPS) is 10.9. The van der Waals surface area contributed by atoms with Crippen LogP contribution in [0.25, 0.3) is 0 Å². The molecule has 0 unspecified atom stereocenters. The van der Waals surface area contributed by atoms with Crippen molar-refractivity contribution < 1.29 is 17.9 Å². The second-order valence-electron chi connectivity index (χ2n) is 3.52. The first kappa shape index (κ1) is 13.4. The number of nitrogens with zero attached hydrogens (tertiary/aromatic N) is 1. The van der Waals surface area contributed by atoms with Gasteiger partial charge in [0.05, 0.1) is 24.7 Å². The third-order valence-corrected chi connectivity index (χ3v) is 2.87. The lowest BCUT2D eigenvalue weighted by Gasteiger charge is -2.05. The summed E-state index contributed by atoms with van der Waals surface area (Å²) in [5.74, 6) is -0.0795. The van der Waals surface area contributed by atoms with Crippen molar-refractivity contribution >= 4 is 21.4 Å². The van der Waals surface area contributed by atoms with E-state index in [1.807, 2.05) is 0 Å². The Hall–Kier alpha value is -1.63. The van der Waals surface area contributed by atoms with Crippen LogP contribution in [-0.2, 0) is 14.6 Å². The number of sulfone groups is 1. The molecule has 0 aliphatic heterocycles. The molecular formula is C10H14N2O4S. The summed E-state index contributed by atoms with van der Waals surface area (Å²) < 4.78 is 26.6. The Balaban J connectivity index is 2.50. The molecule has 0 radical (unpaired) electrons. The van der Waals surface area contributed by atoms with E-state index in [1.54, 1.807) is 12.1 Å². The Morgan fingerprint density at radius 2 is 2.18 bits per heavy atom. The Labute approximate surface area is 99.9 Å². The predicted molar refractivity (Wildman–Crippen MR) is 63.7 cm³/mol. The van der Waals surface area contributed by atoms with E-state index in [9.17, 15) is 13.2 Å². The molecule has 94 valence electrons. The molecule has 1 heterocycles. The lowest BCUT2D eigenvalue weighted by Crippen LogP contribution is -2.16. The molecule has 0 bridgehead atoms. The number of hydrogen-bond acceptors (Lipinski definition) is 5. The van der Waals surface area contributed by atoms with Crippen molar-refractivity contribution in [2.24, 2.45) is 0 Å². The van der Waals surface area contributed by atoms with Gasteiger partial charge in [-0.15, -0.1) is 0 Å². The highest BCUT2D eigenvalue weighted by Gasteiger charge is 2.08. The fourth-order valence-corrected chi connectivity index (χ4v) is 1.63. The molecule has 0 spiro atoms. The minimum Gasteiger partial charge on any atom is -0.481 e. The summed E-state index contributed by atoms with van der Waals surface area (Å²) >= 11 is 0. The Kier molecular flexibility index (Phi) is 4.45. The van der Waals surface area contributed by atoms with Crippen LogP contribution in [0.3, 0.4) is 0 Å². The van der Waals surface area contributed by atoms with Crippen molar-refractivity contribution in [1.29, 1.82) is 0 Å². The minimum absolute atomic E-state index is 0.0646. The molecule has 0 saturated carbocycles. The Morgan fingerprint density at radius 1 is 1.47 bits per heavy atom. The molecule has 1 N–H and O–H groups in total. The number of rotatable bonds is 5. The third kappa shape index (κ3) is 5.30. The quantitative estimate of drug-likeness (QED) is 0.829. The molecule has 1 rings (SSSR count). The molecule has 1 amide bonds. The van der Waals surface area contributed by atoms with E-state index in [2.05, 4.69) is 10.3 Å². The highest BCUT2D eigenvalue weighted by atomic mass is 32.2. The largest absolute Gasteiger partial charge is 0.481 e. The van der Waals surface area contributed by atoms with E-state index in [0.29, 0.717) is 11.6 Å². The summed E-state index contributed by atoms with van der Waals surface area (Å²) in [6, 6.07) is 3.23. The maximum Gasteiger partial charge on any atom is 0.225 e. The first-order chi connectivity index (χ1) is 7.90. The van der Waals surface area contributed by atoms with Crippen molar-refractivity contribution in [3.05, 3.63) is 18.3 Å². The van der Waals surface area contributed by atoms with Crippen LogP contribution in [0.5, 0.6) is 5.88 Å². The number of methoxy groups -OCH3 is 1. The van der Waals surface area contributed by atoms with Crippen molar-refractivity contribution in [2.45, 2.75) is 6.42 Å². The number of anilines is 1. The molecule has 0 saturated heterocycles. The van der Waals surface area contributed by atoms with Crippen LogP contribution in [0.15, 0.2) is 18.3 Å². The standard InChI is InChI=1S/C10H14N2O4S/c1-16-10-4-3-8(7-11-10)12-9(13)5-6-17(2,14)15/h3-4,7H,5-6H2,1-2H3,(H,12,13). The van der Waals surface area contributed by atoms with Crippen LogP contribution in [0.1, 0.15) is 6.42 Å². The van der Waals surface area contributed by atoms with Crippen LogP contribution in [0.4, 0.5) is 5.69 Å². The summed E-state index contributed by atoms with van der Waals surface area (Å²) in [4.78, 5) is 15.3. The number of carbonyl (C=O) groups excluding carboxylic acids is 1. The molecule has 6 nitrogen and oxygen atoms in total. The zero-order valence-electron chi connectivity index (χ0n) is 9.63. The molecule has 0 fully saturated rings. The van der Waals surface area contributed by atoms with Gasteiger partial charge in [-0.2, -0.15) is 0 Å². The van der Waals surface area contributed by atoms with E-state index in [1.165, 1.54) is 13.3 Å². The monoisotopic (exact) mass is 258 g/mol. The average Bonchev–Trinajstić information content (AvgIpc) is 2.27. The van der Waals surface area contributed by atoms with Gasteiger partial charge in [0.25, 0.3) is 0 Å². The van der Waals surface area contributed by atoms with Crippen molar-refractivity contribution in [1.82, 2.24) is 4.98 Å². The molecule has 0 aliphatic rings. The van der Waals surface area contributed by atoms with Gasteiger partial charge < -0.3 is 10.1 Å². The van der Waals surface area contributed by atoms with Crippen molar-refractivity contribution in [2.75, 3.05) is 24.4 Å². The van der Waals surface area contributed by atoms with E-state index in [4.69, 9.17) is 4.74 Å². The molecule has 1 aromatic rings. The van der Waals surface area contributed by atoms with Gasteiger partial charge in [0.2, 0.25) is 11.8 Å². The lowest BCUT2D eigenvalue weighted by molar-refractivity contribution is -0.115. The molecule has 0 atom stereocenters. The van der Waals surface area contributed by atoms with Gasteiger partial charge in [-0.3, -0.25) is 4.79 Å². The van der Waals surface area contributed by atoms with E-state index in [0.717, 1.165) is 6.26 Å². The van der Waals surface area contributed by atoms with Gasteiger partial charge in [0.15, 0.2) is 0 Å². The molecule has 7 heteroatoms. The molecule has 0 aromatic carbocycles. The van der Waals surface area contributed by atoms with E-state index < -0.39 is 9.84 Å². The highest BCUT2D eigenvalue weighted by Crippen LogP contribution is 2.11. The van der Waals surface area contributed by atoms with Crippen molar-refractivity contribution in [3.8, 4) is 5.88 Å². The third-order valence-electron chi connectivity index (χ3n) is 1.93. The Morgan fingerprint density at radius 3 is 2.65 bits per heavy atom. The van der Waals surface area contributed by atoms with Gasteiger partial charge in [-0.1, -0.05) is 0 Å². The van der Waals surface area contributed by atoms with Gasteiger partial charge in [0, 0.05) is 18.7 Å². The summed E-state index contributed by atoms with van der Waals surface area (Å²) in [6.07, 6.45) is 2.47. The van der Waals surface area contributed by atoms with Crippen LogP contribution < -0.4 is 10.1 Å². The smallest absolute Gasteiger partial charge is 0.225 e. The summed E-state index contributed by atoms with van der Waals surface area (Å²) in [7, 11) is -1.63. The first-order valence-electron chi connectivity index (χ1n) is 4.88. The second-order valence-corrected chi connectivity index (χ2v) is 5.78. The fraction of sp³-hybridized carbons (Fsp3) is 0.400. The second kappa shape index (κ2) is 5.62. The summed E-state index contributed by atoms with van der Waals surface area (Å²) in [5.41, 5.74) is 0.504. The SMILES string of the molecule is COc1ccc(NC(=O)CCS(C)(=O)=O)cn1. The molecular weight excluding hydrogens is 244 g/mol. The number of nitrogens with one attached hydrogen (secondary N) is 1. The van der Waals surface area contributed by atoms with Gasteiger partial charge in [0.1, 0.15) is 9.84 Å². The number of amides is 1. The van der Waals surface area contributed by atoms with Crippen molar-refractivity contribution in [3.63, 3.8) is 0 Å². The lowest BCUT2D eigenvalue weighted by atomic mass is 10.4. The number of aromatic nitrogens is 1. The number of ether oxygens (including phenoxy) is 1. The van der Waals surface area contributed by atoms with E-state index >= 15 is 0 Å². The van der Waals surface area contributed by atoms with Gasteiger partial charge in [-0.25, -0.2) is 13.4 Å². The topological polar surface area (TPSA) is 85.4 Å². The van der Waals surface area contributed by atoms with Crippen LogP contribution >= 0.6 is 0 Å². The van der Waals surface area contributed by atoms with E-state index in [-0.39, 0.29) is 18.1 Å². The molecule has 1 aromatic heterocycles. The summed E-state index contributed by atoms with van der Waals surface area (Å²) in [5, 5.41) is 2.54. The predicted octanol–water partition coefficient (Wildman–Crippen LogP) is 0.463.